The summed E-state index contributed by atoms with van der Waals surface area (Å²) in [6.07, 6.45) is 1.98. The van der Waals surface area contributed by atoms with Gasteiger partial charge in [-0.3, -0.25) is 0 Å². The van der Waals surface area contributed by atoms with E-state index < -0.39 is 0 Å². The molecule has 118 valence electrons. The van der Waals surface area contributed by atoms with E-state index in [1.165, 1.54) is 11.1 Å². The summed E-state index contributed by atoms with van der Waals surface area (Å²) in [6.45, 7) is 3.16. The molecule has 0 bridgehead atoms. The van der Waals surface area contributed by atoms with Gasteiger partial charge in [0.1, 0.15) is 11.5 Å². The van der Waals surface area contributed by atoms with Crippen LogP contribution in [-0.2, 0) is 12.8 Å². The third-order valence-electron chi connectivity index (χ3n) is 3.78. The molecule has 0 aromatic heterocycles. The van der Waals surface area contributed by atoms with E-state index in [1.54, 1.807) is 14.2 Å². The van der Waals surface area contributed by atoms with Crippen LogP contribution in [0.15, 0.2) is 48.5 Å². The maximum absolute atomic E-state index is 5.38. The van der Waals surface area contributed by atoms with Gasteiger partial charge in [0.2, 0.25) is 0 Å². The van der Waals surface area contributed by atoms with Gasteiger partial charge < -0.3 is 14.8 Å². The fourth-order valence-corrected chi connectivity index (χ4v) is 2.55. The SMILES string of the molecule is COc1ccc(C[C@@H](C)NCCc2ccccc2OC)cc1. The van der Waals surface area contributed by atoms with Gasteiger partial charge in [0.25, 0.3) is 0 Å². The summed E-state index contributed by atoms with van der Waals surface area (Å²) in [5, 5.41) is 3.57. The summed E-state index contributed by atoms with van der Waals surface area (Å²) in [5.41, 5.74) is 2.56. The van der Waals surface area contributed by atoms with Crippen LogP contribution in [0, 0.1) is 0 Å². The lowest BCUT2D eigenvalue weighted by molar-refractivity contribution is 0.408. The Bertz CT molecular complexity index is 566. The van der Waals surface area contributed by atoms with Crippen molar-refractivity contribution in [2.24, 2.45) is 0 Å². The number of hydrogen-bond donors (Lipinski definition) is 1. The normalized spacial score (nSPS) is 12.0. The third-order valence-corrected chi connectivity index (χ3v) is 3.78. The minimum atomic E-state index is 0.433. The predicted octanol–water partition coefficient (Wildman–Crippen LogP) is 3.47. The van der Waals surface area contributed by atoms with Gasteiger partial charge in [-0.25, -0.2) is 0 Å². The van der Waals surface area contributed by atoms with Gasteiger partial charge in [-0.05, 0) is 55.6 Å². The van der Waals surface area contributed by atoms with Crippen molar-refractivity contribution >= 4 is 0 Å². The highest BCUT2D eigenvalue weighted by molar-refractivity contribution is 5.33. The quantitative estimate of drug-likeness (QED) is 0.809. The van der Waals surface area contributed by atoms with Gasteiger partial charge in [0.15, 0.2) is 0 Å². The molecule has 0 unspecified atom stereocenters. The molecule has 3 heteroatoms. The molecule has 1 N–H and O–H groups in total. The van der Waals surface area contributed by atoms with Crippen molar-refractivity contribution in [1.29, 1.82) is 0 Å². The number of ether oxygens (including phenoxy) is 2. The Hall–Kier alpha value is -2.00. The smallest absolute Gasteiger partial charge is 0.122 e. The lowest BCUT2D eigenvalue weighted by atomic mass is 10.1. The molecule has 0 fully saturated rings. The summed E-state index contributed by atoms with van der Waals surface area (Å²) in [7, 11) is 3.41. The van der Waals surface area contributed by atoms with Crippen LogP contribution in [0.25, 0.3) is 0 Å². The number of methoxy groups -OCH3 is 2. The zero-order valence-electron chi connectivity index (χ0n) is 13.6. The molecule has 0 radical (unpaired) electrons. The van der Waals surface area contributed by atoms with Crippen LogP contribution in [0.2, 0.25) is 0 Å². The highest BCUT2D eigenvalue weighted by Gasteiger charge is 2.05. The standard InChI is InChI=1S/C19H25NO2/c1-15(14-16-8-10-18(21-2)11-9-16)20-13-12-17-6-4-5-7-19(17)22-3/h4-11,15,20H,12-14H2,1-3H3/t15-/m1/s1. The molecule has 2 rings (SSSR count). The first-order chi connectivity index (χ1) is 10.7. The van der Waals surface area contributed by atoms with E-state index in [4.69, 9.17) is 9.47 Å². The molecule has 0 saturated carbocycles. The minimum Gasteiger partial charge on any atom is -0.497 e. The Morgan fingerprint density at radius 2 is 1.68 bits per heavy atom. The fraction of sp³-hybridized carbons (Fsp3) is 0.368. The Labute approximate surface area is 133 Å². The van der Waals surface area contributed by atoms with E-state index >= 15 is 0 Å². The zero-order valence-corrected chi connectivity index (χ0v) is 13.6. The number of para-hydroxylation sites is 1. The molecule has 2 aromatic carbocycles. The van der Waals surface area contributed by atoms with E-state index in [-0.39, 0.29) is 0 Å². The first-order valence-electron chi connectivity index (χ1n) is 7.71. The molecule has 0 heterocycles. The third kappa shape index (κ3) is 4.78. The molecule has 0 amide bonds. The molecule has 0 aliphatic rings. The summed E-state index contributed by atoms with van der Waals surface area (Å²) in [5.74, 6) is 1.87. The monoisotopic (exact) mass is 299 g/mol. The van der Waals surface area contributed by atoms with E-state index in [2.05, 4.69) is 36.5 Å². The van der Waals surface area contributed by atoms with Gasteiger partial charge >= 0.3 is 0 Å². The van der Waals surface area contributed by atoms with E-state index in [9.17, 15) is 0 Å². The van der Waals surface area contributed by atoms with Crippen molar-refractivity contribution in [2.75, 3.05) is 20.8 Å². The molecule has 22 heavy (non-hydrogen) atoms. The molecule has 0 aliphatic heterocycles. The molecule has 3 nitrogen and oxygen atoms in total. The molecular formula is C19H25NO2. The van der Waals surface area contributed by atoms with Crippen LogP contribution in [-0.4, -0.2) is 26.8 Å². The topological polar surface area (TPSA) is 30.5 Å². The highest BCUT2D eigenvalue weighted by atomic mass is 16.5. The summed E-state index contributed by atoms with van der Waals surface area (Å²) in [4.78, 5) is 0. The van der Waals surface area contributed by atoms with E-state index in [0.29, 0.717) is 6.04 Å². The van der Waals surface area contributed by atoms with Crippen molar-refractivity contribution in [1.82, 2.24) is 5.32 Å². The highest BCUT2D eigenvalue weighted by Crippen LogP contribution is 2.17. The number of hydrogen-bond acceptors (Lipinski definition) is 3. The number of benzene rings is 2. The maximum atomic E-state index is 5.38. The van der Waals surface area contributed by atoms with Crippen LogP contribution in [0.5, 0.6) is 11.5 Å². The van der Waals surface area contributed by atoms with Crippen molar-refractivity contribution in [3.05, 3.63) is 59.7 Å². The molecule has 1 atom stereocenters. The predicted molar refractivity (Wildman–Crippen MR) is 90.9 cm³/mol. The Kier molecular flexibility index (Phi) is 6.28. The first-order valence-corrected chi connectivity index (χ1v) is 7.71. The van der Waals surface area contributed by atoms with Gasteiger partial charge in [-0.1, -0.05) is 30.3 Å². The molecule has 2 aromatic rings. The lowest BCUT2D eigenvalue weighted by Crippen LogP contribution is -2.30. The van der Waals surface area contributed by atoms with E-state index in [1.807, 2.05) is 24.3 Å². The van der Waals surface area contributed by atoms with Gasteiger partial charge in [0.05, 0.1) is 14.2 Å². The van der Waals surface area contributed by atoms with Crippen molar-refractivity contribution in [3.8, 4) is 11.5 Å². The van der Waals surface area contributed by atoms with Crippen LogP contribution >= 0.6 is 0 Å². The average Bonchev–Trinajstić information content (AvgIpc) is 2.56. The van der Waals surface area contributed by atoms with Crippen LogP contribution in [0.3, 0.4) is 0 Å². The number of rotatable bonds is 8. The van der Waals surface area contributed by atoms with Crippen LogP contribution in [0.1, 0.15) is 18.1 Å². The summed E-state index contributed by atoms with van der Waals surface area (Å²) in [6, 6.07) is 16.9. The Morgan fingerprint density at radius 3 is 2.36 bits per heavy atom. The molecular weight excluding hydrogens is 274 g/mol. The second-order valence-corrected chi connectivity index (χ2v) is 5.47. The Balaban J connectivity index is 1.78. The van der Waals surface area contributed by atoms with Crippen molar-refractivity contribution < 1.29 is 9.47 Å². The average molecular weight is 299 g/mol. The summed E-state index contributed by atoms with van der Waals surface area (Å²) < 4.78 is 10.6. The van der Waals surface area contributed by atoms with Crippen molar-refractivity contribution in [2.45, 2.75) is 25.8 Å². The first kappa shape index (κ1) is 16.4. The van der Waals surface area contributed by atoms with Crippen LogP contribution in [0.4, 0.5) is 0 Å². The molecule has 0 aliphatic carbocycles. The van der Waals surface area contributed by atoms with E-state index in [0.717, 1.165) is 30.9 Å². The summed E-state index contributed by atoms with van der Waals surface area (Å²) >= 11 is 0. The van der Waals surface area contributed by atoms with Gasteiger partial charge in [-0.15, -0.1) is 0 Å². The minimum absolute atomic E-state index is 0.433. The maximum Gasteiger partial charge on any atom is 0.122 e. The van der Waals surface area contributed by atoms with Crippen LogP contribution < -0.4 is 14.8 Å². The zero-order chi connectivity index (χ0) is 15.8. The van der Waals surface area contributed by atoms with Crippen molar-refractivity contribution in [3.63, 3.8) is 0 Å². The van der Waals surface area contributed by atoms with Gasteiger partial charge in [-0.2, -0.15) is 0 Å². The Morgan fingerprint density at radius 1 is 0.955 bits per heavy atom. The fourth-order valence-electron chi connectivity index (χ4n) is 2.55. The lowest BCUT2D eigenvalue weighted by Gasteiger charge is -2.15. The largest absolute Gasteiger partial charge is 0.497 e. The second-order valence-electron chi connectivity index (χ2n) is 5.47. The number of nitrogens with one attached hydrogen (secondary N) is 1. The van der Waals surface area contributed by atoms with Gasteiger partial charge in [0, 0.05) is 6.04 Å². The second kappa shape index (κ2) is 8.44. The molecule has 0 spiro atoms. The molecule has 0 saturated heterocycles.